The molecule has 134 valence electrons. The Bertz CT molecular complexity index is 936. The van der Waals surface area contributed by atoms with Crippen molar-refractivity contribution in [3.05, 3.63) is 63.6 Å². The monoisotopic (exact) mass is 353 g/mol. The molecule has 9 nitrogen and oxygen atoms in total. The van der Waals surface area contributed by atoms with Crippen LogP contribution in [-0.2, 0) is 17.8 Å². The van der Waals surface area contributed by atoms with Crippen LogP contribution in [0.25, 0.3) is 5.69 Å². The number of nitrogens with zero attached hydrogens (tertiary/aromatic N) is 5. The largest absolute Gasteiger partial charge is 0.349 e. The summed E-state index contributed by atoms with van der Waals surface area (Å²) >= 11 is 0. The first-order chi connectivity index (χ1) is 12.5. The molecule has 0 saturated carbocycles. The molecule has 3 aromatic rings. The fourth-order valence-electron chi connectivity index (χ4n) is 2.71. The van der Waals surface area contributed by atoms with E-state index in [1.165, 1.54) is 0 Å². The first kappa shape index (κ1) is 17.5. The van der Waals surface area contributed by atoms with E-state index in [0.29, 0.717) is 17.9 Å². The Balaban J connectivity index is 1.59. The van der Waals surface area contributed by atoms with Crippen LogP contribution in [0.4, 0.5) is 0 Å². The van der Waals surface area contributed by atoms with Crippen molar-refractivity contribution in [3.63, 3.8) is 0 Å². The van der Waals surface area contributed by atoms with Crippen LogP contribution in [0.5, 0.6) is 0 Å². The van der Waals surface area contributed by atoms with Crippen LogP contribution in [0.15, 0.2) is 35.1 Å². The number of carbonyl (C=O) groups is 1. The summed E-state index contributed by atoms with van der Waals surface area (Å²) in [6, 6.07) is 9.46. The summed E-state index contributed by atoms with van der Waals surface area (Å²) in [4.78, 5) is 30.0. The van der Waals surface area contributed by atoms with Crippen molar-refractivity contribution in [1.82, 2.24) is 35.5 Å². The van der Waals surface area contributed by atoms with E-state index in [9.17, 15) is 9.59 Å². The maximum atomic E-state index is 12.2. The molecule has 0 aliphatic heterocycles. The minimum Gasteiger partial charge on any atom is -0.349 e. The van der Waals surface area contributed by atoms with Gasteiger partial charge in [-0.3, -0.25) is 4.79 Å². The molecule has 26 heavy (non-hydrogen) atoms. The van der Waals surface area contributed by atoms with E-state index in [4.69, 9.17) is 0 Å². The molecule has 0 atom stereocenters. The van der Waals surface area contributed by atoms with Gasteiger partial charge in [-0.25, -0.2) is 4.79 Å². The summed E-state index contributed by atoms with van der Waals surface area (Å²) in [5.41, 5.74) is 2.72. The zero-order valence-corrected chi connectivity index (χ0v) is 14.6. The van der Waals surface area contributed by atoms with Gasteiger partial charge in [-0.05, 0) is 48.4 Å². The third-order valence-electron chi connectivity index (χ3n) is 4.03. The molecular weight excluding hydrogens is 334 g/mol. The highest BCUT2D eigenvalue weighted by Gasteiger charge is 2.12. The number of tetrazole rings is 1. The fourth-order valence-corrected chi connectivity index (χ4v) is 2.71. The maximum absolute atomic E-state index is 12.2. The first-order valence-electron chi connectivity index (χ1n) is 8.20. The van der Waals surface area contributed by atoms with E-state index in [0.717, 1.165) is 16.9 Å². The van der Waals surface area contributed by atoms with Gasteiger partial charge in [0.2, 0.25) is 5.91 Å². The molecule has 1 amide bonds. The molecule has 0 unspecified atom stereocenters. The minimum absolute atomic E-state index is 0.127. The summed E-state index contributed by atoms with van der Waals surface area (Å²) in [6.45, 7) is 3.80. The molecule has 2 N–H and O–H groups in total. The topological polar surface area (TPSA) is 118 Å². The Morgan fingerprint density at radius 3 is 2.73 bits per heavy atom. The van der Waals surface area contributed by atoms with Gasteiger partial charge in [0, 0.05) is 17.8 Å². The maximum Gasteiger partial charge on any atom is 0.345 e. The van der Waals surface area contributed by atoms with E-state index in [1.807, 2.05) is 30.3 Å². The second kappa shape index (κ2) is 7.68. The lowest BCUT2D eigenvalue weighted by molar-refractivity contribution is -0.121. The molecule has 3 rings (SSSR count). The van der Waals surface area contributed by atoms with Gasteiger partial charge in [-0.2, -0.15) is 9.67 Å². The van der Waals surface area contributed by atoms with Gasteiger partial charge in [0.05, 0.1) is 12.2 Å². The zero-order valence-electron chi connectivity index (χ0n) is 14.6. The highest BCUT2D eigenvalue weighted by molar-refractivity contribution is 5.76. The number of aromatic nitrogens is 6. The van der Waals surface area contributed by atoms with Gasteiger partial charge in [0.25, 0.3) is 0 Å². The van der Waals surface area contributed by atoms with Crippen molar-refractivity contribution in [2.45, 2.75) is 33.2 Å². The van der Waals surface area contributed by atoms with E-state index in [1.54, 1.807) is 18.5 Å². The zero-order chi connectivity index (χ0) is 18.5. The number of para-hydroxylation sites is 1. The van der Waals surface area contributed by atoms with Crippen molar-refractivity contribution in [1.29, 1.82) is 0 Å². The molecule has 0 radical (unpaired) electrons. The number of rotatable bonds is 6. The Kier molecular flexibility index (Phi) is 5.16. The average Bonchev–Trinajstić information content (AvgIpc) is 3.08. The highest BCUT2D eigenvalue weighted by Crippen LogP contribution is 2.10. The lowest BCUT2D eigenvalue weighted by Crippen LogP contribution is -2.25. The fraction of sp³-hybridized carbons (Fsp3) is 0.294. The van der Waals surface area contributed by atoms with E-state index in [2.05, 4.69) is 30.8 Å². The second-order valence-electron chi connectivity index (χ2n) is 5.85. The first-order valence-corrected chi connectivity index (χ1v) is 8.20. The third kappa shape index (κ3) is 4.00. The van der Waals surface area contributed by atoms with Crippen LogP contribution in [0.1, 0.15) is 29.2 Å². The standard InChI is InChI=1S/C17H19N7O2/c1-11-14(12(2)20-17(26)19-11)8-9-16(25)18-10-15-21-22-23-24(15)13-6-4-3-5-7-13/h3-7H,8-10H2,1-2H3,(H,18,25)(H,19,20,26). The number of hydrogen-bond donors (Lipinski definition) is 2. The molecule has 0 aliphatic rings. The third-order valence-corrected chi connectivity index (χ3v) is 4.03. The summed E-state index contributed by atoms with van der Waals surface area (Å²) in [7, 11) is 0. The lowest BCUT2D eigenvalue weighted by Gasteiger charge is -2.09. The Labute approximate surface area is 149 Å². The van der Waals surface area contributed by atoms with E-state index >= 15 is 0 Å². The molecule has 0 fully saturated rings. The quantitative estimate of drug-likeness (QED) is 0.670. The van der Waals surface area contributed by atoms with E-state index < -0.39 is 0 Å². The van der Waals surface area contributed by atoms with Crippen molar-refractivity contribution in [2.75, 3.05) is 0 Å². The van der Waals surface area contributed by atoms with Gasteiger partial charge in [0.1, 0.15) is 0 Å². The van der Waals surface area contributed by atoms with Crippen LogP contribution >= 0.6 is 0 Å². The van der Waals surface area contributed by atoms with E-state index in [-0.39, 0.29) is 24.6 Å². The average molecular weight is 353 g/mol. The number of nitrogens with one attached hydrogen (secondary N) is 2. The van der Waals surface area contributed by atoms with Crippen LogP contribution in [0, 0.1) is 13.8 Å². The van der Waals surface area contributed by atoms with Gasteiger partial charge in [-0.1, -0.05) is 18.2 Å². The number of aryl methyl sites for hydroxylation is 2. The van der Waals surface area contributed by atoms with Crippen molar-refractivity contribution in [3.8, 4) is 5.69 Å². The summed E-state index contributed by atoms with van der Waals surface area (Å²) in [5.74, 6) is 0.417. The van der Waals surface area contributed by atoms with Crippen molar-refractivity contribution < 1.29 is 4.79 Å². The molecular formula is C17H19N7O2. The molecule has 0 aliphatic carbocycles. The number of benzene rings is 1. The van der Waals surface area contributed by atoms with Crippen molar-refractivity contribution in [2.24, 2.45) is 0 Å². The predicted octanol–water partition coefficient (Wildman–Crippen LogP) is 0.611. The summed E-state index contributed by atoms with van der Waals surface area (Å²) < 4.78 is 1.58. The Hall–Kier alpha value is -3.36. The Morgan fingerprint density at radius 1 is 1.23 bits per heavy atom. The number of H-pyrrole nitrogens is 1. The van der Waals surface area contributed by atoms with Crippen LogP contribution in [0.2, 0.25) is 0 Å². The summed E-state index contributed by atoms with van der Waals surface area (Å²) in [5, 5.41) is 14.4. The molecule has 0 spiro atoms. The van der Waals surface area contributed by atoms with Crippen molar-refractivity contribution >= 4 is 5.91 Å². The summed E-state index contributed by atoms with van der Waals surface area (Å²) in [6.07, 6.45) is 0.777. The molecule has 0 bridgehead atoms. The van der Waals surface area contributed by atoms with Gasteiger partial charge in [0.15, 0.2) is 5.82 Å². The second-order valence-corrected chi connectivity index (χ2v) is 5.85. The van der Waals surface area contributed by atoms with Crippen LogP contribution < -0.4 is 11.0 Å². The lowest BCUT2D eigenvalue weighted by atomic mass is 10.1. The molecule has 2 aromatic heterocycles. The number of amides is 1. The SMILES string of the molecule is Cc1nc(=O)[nH]c(C)c1CCC(=O)NCc1nnnn1-c1ccccc1. The van der Waals surface area contributed by atoms with Crippen LogP contribution in [0.3, 0.4) is 0 Å². The molecule has 1 aromatic carbocycles. The smallest absolute Gasteiger partial charge is 0.345 e. The Morgan fingerprint density at radius 2 is 2.00 bits per heavy atom. The van der Waals surface area contributed by atoms with Gasteiger partial charge < -0.3 is 10.3 Å². The molecule has 9 heteroatoms. The molecule has 2 heterocycles. The number of aromatic amines is 1. The number of hydrogen-bond acceptors (Lipinski definition) is 6. The van der Waals surface area contributed by atoms with Gasteiger partial charge >= 0.3 is 5.69 Å². The van der Waals surface area contributed by atoms with Gasteiger partial charge in [-0.15, -0.1) is 5.10 Å². The van der Waals surface area contributed by atoms with Crippen LogP contribution in [-0.4, -0.2) is 36.1 Å². The minimum atomic E-state index is -0.374. The molecule has 0 saturated heterocycles. The number of carbonyl (C=O) groups excluding carboxylic acids is 1. The predicted molar refractivity (Wildman–Crippen MR) is 93.7 cm³/mol. The normalized spacial score (nSPS) is 10.7. The highest BCUT2D eigenvalue weighted by atomic mass is 16.1.